The fourth-order valence-corrected chi connectivity index (χ4v) is 2.64. The topological polar surface area (TPSA) is 59.6 Å². The summed E-state index contributed by atoms with van der Waals surface area (Å²) < 4.78 is 5.25. The zero-order valence-corrected chi connectivity index (χ0v) is 12.5. The van der Waals surface area contributed by atoms with Crippen LogP contribution in [0.5, 0.6) is 0 Å². The largest absolute Gasteiger partial charge is 0.382 e. The summed E-state index contributed by atoms with van der Waals surface area (Å²) in [5.41, 5.74) is 5.79. The molecule has 0 heterocycles. The van der Waals surface area contributed by atoms with Crippen molar-refractivity contribution in [3.8, 4) is 0 Å². The zero-order chi connectivity index (χ0) is 13.8. The maximum absolute atomic E-state index is 5.79. The lowest BCUT2D eigenvalue weighted by Gasteiger charge is -2.09. The van der Waals surface area contributed by atoms with Crippen LogP contribution in [0.3, 0.4) is 0 Å². The molecule has 0 aromatic heterocycles. The molecule has 0 saturated heterocycles. The average Bonchev–Trinajstić information content (AvgIpc) is 2.91. The molecule has 3 N–H and O–H groups in total. The Morgan fingerprint density at radius 1 is 1.26 bits per heavy atom. The molecule has 112 valence electrons. The molecule has 19 heavy (non-hydrogen) atoms. The monoisotopic (exact) mass is 269 g/mol. The highest BCUT2D eigenvalue weighted by Crippen LogP contribution is 2.28. The summed E-state index contributed by atoms with van der Waals surface area (Å²) in [6, 6.07) is 0. The Balaban J connectivity index is 1.88. The number of nitrogens with one attached hydrogen (secondary N) is 1. The molecule has 0 bridgehead atoms. The smallest absolute Gasteiger partial charge is 0.188 e. The second-order valence-electron chi connectivity index (χ2n) is 5.39. The molecule has 0 aromatic rings. The first kappa shape index (κ1) is 16.3. The molecule has 1 aliphatic carbocycles. The number of hydrogen-bond donors (Lipinski definition) is 2. The second kappa shape index (κ2) is 11.1. The molecule has 0 amide bonds. The van der Waals surface area contributed by atoms with Crippen LogP contribution in [-0.4, -0.2) is 32.3 Å². The molecule has 0 radical (unpaired) electrons. The maximum atomic E-state index is 5.79. The first-order valence-corrected chi connectivity index (χ1v) is 7.94. The normalized spacial score (nSPS) is 17.0. The van der Waals surface area contributed by atoms with Gasteiger partial charge in [-0.05, 0) is 25.7 Å². The number of unbranched alkanes of at least 4 members (excludes halogenated alkanes) is 1. The molecule has 0 aromatic carbocycles. The van der Waals surface area contributed by atoms with Crippen LogP contribution < -0.4 is 11.1 Å². The van der Waals surface area contributed by atoms with Gasteiger partial charge in [-0.25, -0.2) is 0 Å². The Hall–Kier alpha value is -0.770. The van der Waals surface area contributed by atoms with Gasteiger partial charge in [-0.2, -0.15) is 0 Å². The van der Waals surface area contributed by atoms with Gasteiger partial charge in [0.15, 0.2) is 5.96 Å². The Bertz CT molecular complexity index is 238. The third-order valence-corrected chi connectivity index (χ3v) is 3.75. The van der Waals surface area contributed by atoms with Crippen molar-refractivity contribution < 1.29 is 4.74 Å². The summed E-state index contributed by atoms with van der Waals surface area (Å²) in [6.07, 6.45) is 10.7. The fraction of sp³-hybridized carbons (Fsp3) is 0.933. The first-order valence-electron chi connectivity index (χ1n) is 7.94. The minimum atomic E-state index is 0.581. The Kier molecular flexibility index (Phi) is 9.51. The second-order valence-corrected chi connectivity index (χ2v) is 5.39. The zero-order valence-electron chi connectivity index (χ0n) is 12.5. The molecular weight excluding hydrogens is 238 g/mol. The van der Waals surface area contributed by atoms with Crippen molar-refractivity contribution in [1.29, 1.82) is 0 Å². The number of nitrogens with two attached hydrogens (primary N) is 1. The van der Waals surface area contributed by atoms with Crippen molar-refractivity contribution in [1.82, 2.24) is 5.32 Å². The van der Waals surface area contributed by atoms with Gasteiger partial charge in [-0.15, -0.1) is 0 Å². The molecule has 0 aliphatic heterocycles. The van der Waals surface area contributed by atoms with E-state index in [0.717, 1.165) is 38.6 Å². The van der Waals surface area contributed by atoms with Crippen LogP contribution in [0.2, 0.25) is 0 Å². The van der Waals surface area contributed by atoms with Gasteiger partial charge in [-0.1, -0.05) is 38.5 Å². The Morgan fingerprint density at radius 2 is 2.05 bits per heavy atom. The number of hydrogen-bond acceptors (Lipinski definition) is 2. The number of guanidine groups is 1. The lowest BCUT2D eigenvalue weighted by Crippen LogP contribution is -2.32. The highest BCUT2D eigenvalue weighted by Gasteiger charge is 2.13. The van der Waals surface area contributed by atoms with E-state index in [2.05, 4.69) is 10.3 Å². The summed E-state index contributed by atoms with van der Waals surface area (Å²) in [6.45, 7) is 5.26. The van der Waals surface area contributed by atoms with Gasteiger partial charge in [0, 0.05) is 26.3 Å². The molecule has 1 aliphatic rings. The van der Waals surface area contributed by atoms with Gasteiger partial charge in [0.05, 0.1) is 0 Å². The summed E-state index contributed by atoms with van der Waals surface area (Å²) >= 11 is 0. The van der Waals surface area contributed by atoms with E-state index < -0.39 is 0 Å². The van der Waals surface area contributed by atoms with Gasteiger partial charge in [0.1, 0.15) is 0 Å². The van der Waals surface area contributed by atoms with Gasteiger partial charge < -0.3 is 15.8 Å². The van der Waals surface area contributed by atoms with Gasteiger partial charge in [0.25, 0.3) is 0 Å². The van der Waals surface area contributed by atoms with Crippen molar-refractivity contribution in [2.24, 2.45) is 16.6 Å². The Morgan fingerprint density at radius 3 is 2.79 bits per heavy atom. The molecule has 1 rings (SSSR count). The highest BCUT2D eigenvalue weighted by atomic mass is 16.5. The van der Waals surface area contributed by atoms with Crippen LogP contribution in [0, 0.1) is 5.92 Å². The van der Waals surface area contributed by atoms with Gasteiger partial charge >= 0.3 is 0 Å². The third-order valence-electron chi connectivity index (χ3n) is 3.75. The number of rotatable bonds is 10. The van der Waals surface area contributed by atoms with E-state index in [1.54, 1.807) is 0 Å². The minimum Gasteiger partial charge on any atom is -0.382 e. The molecule has 1 saturated carbocycles. The molecule has 4 nitrogen and oxygen atoms in total. The molecule has 0 unspecified atom stereocenters. The predicted molar refractivity (Wildman–Crippen MR) is 81.4 cm³/mol. The summed E-state index contributed by atoms with van der Waals surface area (Å²) in [5.74, 6) is 1.59. The summed E-state index contributed by atoms with van der Waals surface area (Å²) in [4.78, 5) is 4.27. The van der Waals surface area contributed by atoms with Gasteiger partial charge in [0.2, 0.25) is 0 Å². The first-order chi connectivity index (χ1) is 9.33. The van der Waals surface area contributed by atoms with Crippen LogP contribution in [0.25, 0.3) is 0 Å². The fourth-order valence-electron chi connectivity index (χ4n) is 2.64. The SMILES string of the molecule is CCOCCCN=C(N)NCCCCC1CCCC1. The standard InChI is InChI=1S/C15H31N3O/c1-2-19-13-7-12-18-15(16)17-11-6-5-10-14-8-3-4-9-14/h14H,2-13H2,1H3,(H3,16,17,18). The van der Waals surface area contributed by atoms with Crippen molar-refractivity contribution in [3.63, 3.8) is 0 Å². The van der Waals surface area contributed by atoms with Crippen LogP contribution >= 0.6 is 0 Å². The number of aliphatic imine (C=N–C) groups is 1. The summed E-state index contributed by atoms with van der Waals surface area (Å²) in [7, 11) is 0. The van der Waals surface area contributed by atoms with E-state index in [0.29, 0.717) is 5.96 Å². The molecule has 4 heteroatoms. The van der Waals surface area contributed by atoms with Crippen LogP contribution in [0.1, 0.15) is 58.3 Å². The maximum Gasteiger partial charge on any atom is 0.188 e. The number of nitrogens with zero attached hydrogens (tertiary/aromatic N) is 1. The third kappa shape index (κ3) is 8.87. The van der Waals surface area contributed by atoms with Crippen molar-refractivity contribution in [3.05, 3.63) is 0 Å². The van der Waals surface area contributed by atoms with Crippen LogP contribution in [0.4, 0.5) is 0 Å². The minimum absolute atomic E-state index is 0.581. The van der Waals surface area contributed by atoms with E-state index in [9.17, 15) is 0 Å². The van der Waals surface area contributed by atoms with Crippen LogP contribution in [-0.2, 0) is 4.74 Å². The summed E-state index contributed by atoms with van der Waals surface area (Å²) in [5, 5.41) is 3.19. The molecule has 0 spiro atoms. The average molecular weight is 269 g/mol. The predicted octanol–water partition coefficient (Wildman–Crippen LogP) is 2.68. The Labute approximate surface area is 118 Å². The van der Waals surface area contributed by atoms with Gasteiger partial charge in [-0.3, -0.25) is 4.99 Å². The van der Waals surface area contributed by atoms with E-state index in [1.807, 2.05) is 6.92 Å². The van der Waals surface area contributed by atoms with E-state index >= 15 is 0 Å². The highest BCUT2D eigenvalue weighted by molar-refractivity contribution is 5.77. The lowest BCUT2D eigenvalue weighted by molar-refractivity contribution is 0.146. The van der Waals surface area contributed by atoms with Crippen molar-refractivity contribution in [2.75, 3.05) is 26.3 Å². The van der Waals surface area contributed by atoms with E-state index in [4.69, 9.17) is 10.5 Å². The van der Waals surface area contributed by atoms with Crippen LogP contribution in [0.15, 0.2) is 4.99 Å². The number of ether oxygens (including phenoxy) is 1. The molecule has 1 fully saturated rings. The molecule has 0 atom stereocenters. The quantitative estimate of drug-likeness (QED) is 0.364. The van der Waals surface area contributed by atoms with E-state index in [1.165, 1.54) is 44.9 Å². The van der Waals surface area contributed by atoms with Crippen molar-refractivity contribution >= 4 is 5.96 Å². The molecular formula is C15H31N3O. The lowest BCUT2D eigenvalue weighted by atomic mass is 10.0. The van der Waals surface area contributed by atoms with E-state index in [-0.39, 0.29) is 0 Å². The van der Waals surface area contributed by atoms with Crippen molar-refractivity contribution in [2.45, 2.75) is 58.3 Å².